The number of imide groups is 1. The monoisotopic (exact) mass is 426 g/mol. The number of carbonyl (C=O) groups excluding carboxylic acids is 2. The Morgan fingerprint density at radius 1 is 1.07 bits per heavy atom. The van der Waals surface area contributed by atoms with Crippen LogP contribution in [-0.4, -0.2) is 16.7 Å². The SMILES string of the molecule is Cc1ccc(Cl)cc1NC1=C(c2cccs2)C(=O)N(Cc2ccc(F)cc2)C1=O. The summed E-state index contributed by atoms with van der Waals surface area (Å²) in [5.74, 6) is -1.19. The molecule has 1 aliphatic heterocycles. The second kappa shape index (κ2) is 7.81. The first-order chi connectivity index (χ1) is 13.9. The fourth-order valence-corrected chi connectivity index (χ4v) is 4.06. The molecule has 1 aliphatic rings. The van der Waals surface area contributed by atoms with Crippen LogP contribution in [-0.2, 0) is 16.1 Å². The van der Waals surface area contributed by atoms with Crippen LogP contribution in [0.1, 0.15) is 16.0 Å². The number of anilines is 1. The van der Waals surface area contributed by atoms with Crippen molar-refractivity contribution in [3.05, 3.63) is 92.5 Å². The average molecular weight is 427 g/mol. The van der Waals surface area contributed by atoms with Gasteiger partial charge in [0.25, 0.3) is 11.8 Å². The zero-order chi connectivity index (χ0) is 20.5. The van der Waals surface area contributed by atoms with E-state index in [0.29, 0.717) is 26.7 Å². The van der Waals surface area contributed by atoms with Gasteiger partial charge in [0.2, 0.25) is 0 Å². The summed E-state index contributed by atoms with van der Waals surface area (Å²) in [6.07, 6.45) is 0. The Morgan fingerprint density at radius 2 is 1.83 bits per heavy atom. The number of thiophene rings is 1. The highest BCUT2D eigenvalue weighted by Crippen LogP contribution is 2.34. The number of benzene rings is 2. The summed E-state index contributed by atoms with van der Waals surface area (Å²) in [7, 11) is 0. The predicted octanol–water partition coefficient (Wildman–Crippen LogP) is 5.24. The molecule has 2 aromatic carbocycles. The van der Waals surface area contributed by atoms with Gasteiger partial charge in [-0.3, -0.25) is 14.5 Å². The third-order valence-electron chi connectivity index (χ3n) is 4.65. The average Bonchev–Trinajstić information content (AvgIpc) is 3.29. The van der Waals surface area contributed by atoms with Gasteiger partial charge in [0.1, 0.15) is 11.5 Å². The fraction of sp³-hybridized carbons (Fsp3) is 0.0909. The smallest absolute Gasteiger partial charge is 0.278 e. The Labute approximate surface area is 176 Å². The molecule has 1 N–H and O–H groups in total. The van der Waals surface area contributed by atoms with Crippen LogP contribution in [0.15, 0.2) is 65.7 Å². The topological polar surface area (TPSA) is 49.4 Å². The number of halogens is 2. The minimum absolute atomic E-state index is 0.0620. The number of rotatable bonds is 5. The van der Waals surface area contributed by atoms with Gasteiger partial charge in [-0.15, -0.1) is 11.3 Å². The zero-order valence-corrected chi connectivity index (χ0v) is 17.0. The minimum atomic E-state index is -0.429. The van der Waals surface area contributed by atoms with Crippen LogP contribution in [0, 0.1) is 12.7 Å². The second-order valence-corrected chi connectivity index (χ2v) is 8.02. The molecule has 146 valence electrons. The number of nitrogens with zero attached hydrogens (tertiary/aromatic N) is 1. The lowest BCUT2D eigenvalue weighted by atomic mass is 10.1. The van der Waals surface area contributed by atoms with Crippen LogP contribution < -0.4 is 5.32 Å². The van der Waals surface area contributed by atoms with E-state index in [1.807, 2.05) is 24.4 Å². The number of carbonyl (C=O) groups is 2. The molecular formula is C22H16ClFN2O2S. The van der Waals surface area contributed by atoms with Gasteiger partial charge in [0, 0.05) is 15.6 Å². The third-order valence-corrected chi connectivity index (χ3v) is 5.77. The lowest BCUT2D eigenvalue weighted by Gasteiger charge is -2.16. The molecule has 0 saturated heterocycles. The summed E-state index contributed by atoms with van der Waals surface area (Å²) in [6, 6.07) is 14.7. The lowest BCUT2D eigenvalue weighted by molar-refractivity contribution is -0.137. The maximum absolute atomic E-state index is 13.2. The van der Waals surface area contributed by atoms with Gasteiger partial charge in [-0.05, 0) is 53.8 Å². The summed E-state index contributed by atoms with van der Waals surface area (Å²) in [5, 5.41) is 5.50. The predicted molar refractivity (Wildman–Crippen MR) is 113 cm³/mol. The minimum Gasteiger partial charge on any atom is -0.350 e. The van der Waals surface area contributed by atoms with E-state index in [0.717, 1.165) is 5.56 Å². The van der Waals surface area contributed by atoms with E-state index in [9.17, 15) is 14.0 Å². The second-order valence-electron chi connectivity index (χ2n) is 6.63. The molecule has 2 heterocycles. The molecule has 0 radical (unpaired) electrons. The van der Waals surface area contributed by atoms with Crippen molar-refractivity contribution in [1.29, 1.82) is 0 Å². The molecule has 0 fully saturated rings. The normalized spacial score (nSPS) is 14.1. The number of hydrogen-bond acceptors (Lipinski definition) is 4. The van der Waals surface area contributed by atoms with Gasteiger partial charge in [-0.1, -0.05) is 35.9 Å². The maximum atomic E-state index is 13.2. The van der Waals surface area contributed by atoms with Crippen LogP contribution in [0.5, 0.6) is 0 Å². The Morgan fingerprint density at radius 3 is 2.52 bits per heavy atom. The zero-order valence-electron chi connectivity index (χ0n) is 15.4. The molecular weight excluding hydrogens is 411 g/mol. The number of hydrogen-bond donors (Lipinski definition) is 1. The molecule has 3 aromatic rings. The van der Waals surface area contributed by atoms with E-state index in [-0.39, 0.29) is 24.0 Å². The summed E-state index contributed by atoms with van der Waals surface area (Å²) in [4.78, 5) is 28.2. The molecule has 0 aliphatic carbocycles. The Bertz CT molecular complexity index is 1120. The van der Waals surface area contributed by atoms with Crippen molar-refractivity contribution < 1.29 is 14.0 Å². The Kier molecular flexibility index (Phi) is 5.22. The molecule has 7 heteroatoms. The standard InChI is InChI=1S/C22H16ClFN2O2S/c1-13-4-7-15(23)11-17(13)25-20-19(18-3-2-10-29-18)21(27)26(22(20)28)12-14-5-8-16(24)9-6-14/h2-11,25H,12H2,1H3. The van der Waals surface area contributed by atoms with Crippen LogP contribution in [0.25, 0.3) is 5.57 Å². The highest BCUT2D eigenvalue weighted by atomic mass is 35.5. The molecule has 0 unspecified atom stereocenters. The summed E-state index contributed by atoms with van der Waals surface area (Å²) >= 11 is 7.49. The van der Waals surface area contributed by atoms with E-state index >= 15 is 0 Å². The quantitative estimate of drug-likeness (QED) is 0.567. The van der Waals surface area contributed by atoms with Crippen LogP contribution in [0.3, 0.4) is 0 Å². The lowest BCUT2D eigenvalue weighted by Crippen LogP contribution is -2.32. The van der Waals surface area contributed by atoms with Gasteiger partial charge in [-0.2, -0.15) is 0 Å². The first kappa shape index (κ1) is 19.4. The highest BCUT2D eigenvalue weighted by Gasteiger charge is 2.39. The van der Waals surface area contributed by atoms with Gasteiger partial charge in [-0.25, -0.2) is 4.39 Å². The van der Waals surface area contributed by atoms with Gasteiger partial charge >= 0.3 is 0 Å². The van der Waals surface area contributed by atoms with E-state index in [4.69, 9.17) is 11.6 Å². The van der Waals surface area contributed by atoms with Crippen molar-refractivity contribution in [2.24, 2.45) is 0 Å². The van der Waals surface area contributed by atoms with E-state index in [2.05, 4.69) is 5.32 Å². The number of nitrogens with one attached hydrogen (secondary N) is 1. The van der Waals surface area contributed by atoms with Crippen molar-refractivity contribution in [3.8, 4) is 0 Å². The summed E-state index contributed by atoms with van der Waals surface area (Å²) in [5.41, 5.74) is 2.76. The largest absolute Gasteiger partial charge is 0.350 e. The molecule has 0 atom stereocenters. The van der Waals surface area contributed by atoms with E-state index < -0.39 is 5.91 Å². The number of aryl methyl sites for hydroxylation is 1. The Balaban J connectivity index is 1.72. The Hall–Kier alpha value is -2.96. The van der Waals surface area contributed by atoms with Crippen molar-refractivity contribution in [3.63, 3.8) is 0 Å². The van der Waals surface area contributed by atoms with Gasteiger partial charge < -0.3 is 5.32 Å². The summed E-state index contributed by atoms with van der Waals surface area (Å²) < 4.78 is 13.2. The van der Waals surface area contributed by atoms with Crippen molar-refractivity contribution >= 4 is 46.0 Å². The van der Waals surface area contributed by atoms with Crippen LogP contribution in [0.4, 0.5) is 10.1 Å². The molecule has 29 heavy (non-hydrogen) atoms. The van der Waals surface area contributed by atoms with Crippen molar-refractivity contribution in [2.75, 3.05) is 5.32 Å². The van der Waals surface area contributed by atoms with Gasteiger partial charge in [0.05, 0.1) is 12.1 Å². The van der Waals surface area contributed by atoms with E-state index in [1.165, 1.54) is 28.4 Å². The van der Waals surface area contributed by atoms with Crippen LogP contribution >= 0.6 is 22.9 Å². The van der Waals surface area contributed by atoms with E-state index in [1.54, 1.807) is 30.3 Å². The molecule has 4 rings (SSSR count). The maximum Gasteiger partial charge on any atom is 0.278 e. The fourth-order valence-electron chi connectivity index (χ4n) is 3.12. The molecule has 0 saturated carbocycles. The van der Waals surface area contributed by atoms with Crippen LogP contribution in [0.2, 0.25) is 5.02 Å². The first-order valence-corrected chi connectivity index (χ1v) is 10.1. The molecule has 4 nitrogen and oxygen atoms in total. The van der Waals surface area contributed by atoms with Gasteiger partial charge in [0.15, 0.2) is 0 Å². The molecule has 2 amide bonds. The van der Waals surface area contributed by atoms with Crippen molar-refractivity contribution in [1.82, 2.24) is 4.90 Å². The molecule has 0 bridgehead atoms. The third kappa shape index (κ3) is 3.81. The van der Waals surface area contributed by atoms with Crippen molar-refractivity contribution in [2.45, 2.75) is 13.5 Å². The molecule has 1 aromatic heterocycles. The first-order valence-electron chi connectivity index (χ1n) is 8.86. The molecule has 0 spiro atoms. The summed E-state index contributed by atoms with van der Waals surface area (Å²) in [6.45, 7) is 1.95. The number of amides is 2. The highest BCUT2D eigenvalue weighted by molar-refractivity contribution is 7.11.